The molecule has 1 N–H and O–H groups in total. The lowest BCUT2D eigenvalue weighted by atomic mass is 9.85. The van der Waals surface area contributed by atoms with Gasteiger partial charge < -0.3 is 5.32 Å². The van der Waals surface area contributed by atoms with Crippen LogP contribution in [-0.2, 0) is 0 Å². The molecule has 0 spiro atoms. The van der Waals surface area contributed by atoms with Crippen molar-refractivity contribution in [2.24, 2.45) is 5.92 Å². The maximum Gasteiger partial charge on any atom is 0.0223 e. The first kappa shape index (κ1) is 11.3. The van der Waals surface area contributed by atoms with Crippen molar-refractivity contribution in [2.45, 2.75) is 44.9 Å². The van der Waals surface area contributed by atoms with Gasteiger partial charge in [-0.2, -0.15) is 0 Å². The first-order valence-corrected chi connectivity index (χ1v) is 6.23. The van der Waals surface area contributed by atoms with Gasteiger partial charge in [0.15, 0.2) is 0 Å². The molecular weight excluding hydrogens is 182 g/mol. The Hall–Kier alpha value is 0.250. The van der Waals surface area contributed by atoms with Crippen molar-refractivity contribution < 1.29 is 0 Å². The Morgan fingerprint density at radius 2 is 1.85 bits per heavy atom. The summed E-state index contributed by atoms with van der Waals surface area (Å²) in [4.78, 5) is 0. The molecule has 0 radical (unpaired) electrons. The van der Waals surface area contributed by atoms with Gasteiger partial charge in [-0.1, -0.05) is 19.3 Å². The fraction of sp³-hybridized carbons (Fsp3) is 1.00. The van der Waals surface area contributed by atoms with Crippen LogP contribution in [0.3, 0.4) is 0 Å². The zero-order valence-electron chi connectivity index (χ0n) is 8.53. The average molecular weight is 204 g/mol. The molecule has 0 aliphatic heterocycles. The molecule has 1 fully saturated rings. The summed E-state index contributed by atoms with van der Waals surface area (Å²) in [6.07, 6.45) is 9.52. The topological polar surface area (TPSA) is 12.0 Å². The number of hydrogen-bond acceptors (Lipinski definition) is 1. The molecule has 0 heterocycles. The molecule has 0 unspecified atom stereocenters. The van der Waals surface area contributed by atoms with Crippen LogP contribution in [0.15, 0.2) is 0 Å². The Kier molecular flexibility index (Phi) is 6.65. The molecule has 78 valence electrons. The predicted molar refractivity (Wildman–Crippen MR) is 59.4 cm³/mol. The quantitative estimate of drug-likeness (QED) is 0.472. The van der Waals surface area contributed by atoms with Crippen molar-refractivity contribution in [3.63, 3.8) is 0 Å². The number of rotatable bonds is 8. The molecule has 0 bridgehead atoms. The summed E-state index contributed by atoms with van der Waals surface area (Å²) in [5, 5.41) is 3.53. The third-order valence-corrected chi connectivity index (χ3v) is 3.16. The fourth-order valence-corrected chi connectivity index (χ4v) is 1.89. The van der Waals surface area contributed by atoms with Gasteiger partial charge in [-0.25, -0.2) is 0 Å². The predicted octanol–water partition coefficient (Wildman–Crippen LogP) is 3.18. The summed E-state index contributed by atoms with van der Waals surface area (Å²) >= 11 is 5.59. The van der Waals surface area contributed by atoms with E-state index in [2.05, 4.69) is 5.32 Å². The molecule has 0 saturated heterocycles. The van der Waals surface area contributed by atoms with Gasteiger partial charge in [0, 0.05) is 5.88 Å². The van der Waals surface area contributed by atoms with Crippen LogP contribution < -0.4 is 5.32 Å². The number of halogens is 1. The van der Waals surface area contributed by atoms with Gasteiger partial charge >= 0.3 is 0 Å². The van der Waals surface area contributed by atoms with Crippen molar-refractivity contribution in [3.05, 3.63) is 0 Å². The molecule has 1 saturated carbocycles. The van der Waals surface area contributed by atoms with Crippen LogP contribution >= 0.6 is 11.6 Å². The van der Waals surface area contributed by atoms with Gasteiger partial charge in [-0.05, 0) is 44.7 Å². The van der Waals surface area contributed by atoms with Gasteiger partial charge in [0.2, 0.25) is 0 Å². The van der Waals surface area contributed by atoms with Gasteiger partial charge in [0.25, 0.3) is 0 Å². The minimum Gasteiger partial charge on any atom is -0.316 e. The van der Waals surface area contributed by atoms with E-state index in [0.717, 1.165) is 11.8 Å². The SMILES string of the molecule is ClCCCCCCNCC1CCC1. The Morgan fingerprint density at radius 1 is 1.08 bits per heavy atom. The van der Waals surface area contributed by atoms with Crippen LogP contribution in [0.4, 0.5) is 0 Å². The largest absolute Gasteiger partial charge is 0.316 e. The Balaban J connectivity index is 1.68. The summed E-state index contributed by atoms with van der Waals surface area (Å²) in [6, 6.07) is 0. The summed E-state index contributed by atoms with van der Waals surface area (Å²) < 4.78 is 0. The zero-order valence-corrected chi connectivity index (χ0v) is 9.28. The second-order valence-electron chi connectivity index (χ2n) is 4.10. The summed E-state index contributed by atoms with van der Waals surface area (Å²) in [5.41, 5.74) is 0. The molecule has 0 aromatic carbocycles. The van der Waals surface area contributed by atoms with Gasteiger partial charge in [-0.15, -0.1) is 11.6 Å². The molecule has 0 aromatic heterocycles. The minimum atomic E-state index is 0.829. The normalized spacial score (nSPS) is 17.3. The highest BCUT2D eigenvalue weighted by Crippen LogP contribution is 2.24. The average Bonchev–Trinajstić information content (AvgIpc) is 2.07. The maximum absolute atomic E-state index is 5.59. The van der Waals surface area contributed by atoms with E-state index < -0.39 is 0 Å². The second kappa shape index (κ2) is 7.64. The van der Waals surface area contributed by atoms with Crippen LogP contribution in [-0.4, -0.2) is 19.0 Å². The smallest absolute Gasteiger partial charge is 0.0223 e. The fourth-order valence-electron chi connectivity index (χ4n) is 1.70. The van der Waals surface area contributed by atoms with Crippen molar-refractivity contribution in [3.8, 4) is 0 Å². The van der Waals surface area contributed by atoms with Crippen LogP contribution in [0.1, 0.15) is 44.9 Å². The van der Waals surface area contributed by atoms with Gasteiger partial charge in [-0.3, -0.25) is 0 Å². The van der Waals surface area contributed by atoms with Crippen molar-refractivity contribution in [2.75, 3.05) is 19.0 Å². The van der Waals surface area contributed by atoms with E-state index in [1.54, 1.807) is 0 Å². The first-order chi connectivity index (χ1) is 6.43. The van der Waals surface area contributed by atoms with Gasteiger partial charge in [0.05, 0.1) is 0 Å². The second-order valence-corrected chi connectivity index (χ2v) is 4.48. The summed E-state index contributed by atoms with van der Waals surface area (Å²) in [5.74, 6) is 1.83. The molecule has 1 rings (SSSR count). The molecule has 0 aromatic rings. The first-order valence-electron chi connectivity index (χ1n) is 5.70. The molecule has 13 heavy (non-hydrogen) atoms. The standard InChI is InChI=1S/C11H22ClN/c12-8-3-1-2-4-9-13-10-11-6-5-7-11/h11,13H,1-10H2. The van der Waals surface area contributed by atoms with E-state index in [1.165, 1.54) is 58.0 Å². The van der Waals surface area contributed by atoms with Crippen LogP contribution in [0.25, 0.3) is 0 Å². The number of nitrogens with one attached hydrogen (secondary N) is 1. The highest BCUT2D eigenvalue weighted by Gasteiger charge is 2.15. The van der Waals surface area contributed by atoms with Crippen molar-refractivity contribution in [1.82, 2.24) is 5.32 Å². The van der Waals surface area contributed by atoms with Crippen LogP contribution in [0.2, 0.25) is 0 Å². The van der Waals surface area contributed by atoms with Crippen molar-refractivity contribution >= 4 is 11.6 Å². The number of alkyl halides is 1. The molecule has 0 atom stereocenters. The number of unbranched alkanes of at least 4 members (excludes halogenated alkanes) is 3. The van der Waals surface area contributed by atoms with Crippen LogP contribution in [0.5, 0.6) is 0 Å². The molecular formula is C11H22ClN. The Morgan fingerprint density at radius 3 is 2.46 bits per heavy atom. The van der Waals surface area contributed by atoms with E-state index in [1.807, 2.05) is 0 Å². The highest BCUT2D eigenvalue weighted by molar-refractivity contribution is 6.17. The van der Waals surface area contributed by atoms with E-state index in [9.17, 15) is 0 Å². The third kappa shape index (κ3) is 5.53. The lowest BCUT2D eigenvalue weighted by Crippen LogP contribution is -2.27. The van der Waals surface area contributed by atoms with E-state index in [0.29, 0.717) is 0 Å². The van der Waals surface area contributed by atoms with E-state index >= 15 is 0 Å². The molecule has 2 heteroatoms. The minimum absolute atomic E-state index is 0.829. The lowest BCUT2D eigenvalue weighted by Gasteiger charge is -2.25. The zero-order chi connectivity index (χ0) is 9.36. The Bertz CT molecular complexity index is 113. The van der Waals surface area contributed by atoms with Gasteiger partial charge in [0.1, 0.15) is 0 Å². The monoisotopic (exact) mass is 203 g/mol. The lowest BCUT2D eigenvalue weighted by molar-refractivity contribution is 0.301. The molecule has 0 amide bonds. The molecule has 1 aliphatic rings. The van der Waals surface area contributed by atoms with Crippen LogP contribution in [0, 0.1) is 5.92 Å². The number of hydrogen-bond donors (Lipinski definition) is 1. The van der Waals surface area contributed by atoms with E-state index in [-0.39, 0.29) is 0 Å². The third-order valence-electron chi connectivity index (χ3n) is 2.89. The molecule has 1 nitrogen and oxygen atoms in total. The molecule has 1 aliphatic carbocycles. The summed E-state index contributed by atoms with van der Waals surface area (Å²) in [6.45, 7) is 2.47. The van der Waals surface area contributed by atoms with E-state index in [4.69, 9.17) is 11.6 Å². The maximum atomic E-state index is 5.59. The summed E-state index contributed by atoms with van der Waals surface area (Å²) in [7, 11) is 0. The Labute approximate surface area is 87.2 Å². The van der Waals surface area contributed by atoms with Crippen molar-refractivity contribution in [1.29, 1.82) is 0 Å². The highest BCUT2D eigenvalue weighted by atomic mass is 35.5.